The lowest BCUT2D eigenvalue weighted by molar-refractivity contribution is 0.0287. The first-order chi connectivity index (χ1) is 7.60. The van der Waals surface area contributed by atoms with Crippen molar-refractivity contribution in [2.24, 2.45) is 0 Å². The molecule has 1 aliphatic heterocycles. The van der Waals surface area contributed by atoms with Gasteiger partial charge in [-0.3, -0.25) is 9.88 Å². The minimum absolute atomic E-state index is 0.0308. The monoisotopic (exact) mass is 220 g/mol. The number of aromatic nitrogens is 1. The van der Waals surface area contributed by atoms with Crippen LogP contribution in [0.5, 0.6) is 0 Å². The first-order valence-corrected chi connectivity index (χ1v) is 5.94. The van der Waals surface area contributed by atoms with Gasteiger partial charge in [-0.25, -0.2) is 0 Å². The quantitative estimate of drug-likeness (QED) is 0.825. The zero-order valence-electron chi connectivity index (χ0n) is 10.1. The number of rotatable bonds is 2. The maximum Gasteiger partial charge on any atom is 0.0564 e. The molecule has 0 saturated carbocycles. The van der Waals surface area contributed by atoms with Crippen molar-refractivity contribution in [1.29, 1.82) is 0 Å². The fourth-order valence-corrected chi connectivity index (χ4v) is 2.37. The van der Waals surface area contributed by atoms with Crippen LogP contribution in [0.3, 0.4) is 0 Å². The second-order valence-corrected chi connectivity index (χ2v) is 5.01. The number of likely N-dealkylation sites (tertiary alicyclic amines) is 1. The molecule has 1 aliphatic rings. The third-order valence-corrected chi connectivity index (χ3v) is 3.64. The molecule has 0 bridgehead atoms. The lowest BCUT2D eigenvalue weighted by Crippen LogP contribution is -2.47. The van der Waals surface area contributed by atoms with Gasteiger partial charge < -0.3 is 5.11 Å². The second kappa shape index (κ2) is 4.52. The standard InChI is InChI=1S/C13H20N2O/c1-13(2,11-3-7-14-8-4-11)15-9-5-12(16)6-10-15/h3-4,7-8,12,16H,5-6,9-10H2,1-2H3. The molecule has 1 saturated heterocycles. The Labute approximate surface area is 97.1 Å². The summed E-state index contributed by atoms with van der Waals surface area (Å²) in [5, 5.41) is 9.53. The van der Waals surface area contributed by atoms with Gasteiger partial charge >= 0.3 is 0 Å². The van der Waals surface area contributed by atoms with Gasteiger partial charge in [0.2, 0.25) is 0 Å². The summed E-state index contributed by atoms with van der Waals surface area (Å²) in [6, 6.07) is 4.15. The fraction of sp³-hybridized carbons (Fsp3) is 0.615. The van der Waals surface area contributed by atoms with E-state index in [1.54, 1.807) is 0 Å². The summed E-state index contributed by atoms with van der Waals surface area (Å²) in [6.45, 7) is 6.41. The maximum absolute atomic E-state index is 9.53. The van der Waals surface area contributed by atoms with Gasteiger partial charge in [-0.15, -0.1) is 0 Å². The zero-order chi connectivity index (χ0) is 11.6. The largest absolute Gasteiger partial charge is 0.393 e. The fourth-order valence-electron chi connectivity index (χ4n) is 2.37. The SMILES string of the molecule is CC(C)(c1ccncc1)N1CCC(O)CC1. The number of piperidine rings is 1. The summed E-state index contributed by atoms with van der Waals surface area (Å²) in [7, 11) is 0. The van der Waals surface area contributed by atoms with Crippen LogP contribution in [-0.2, 0) is 5.54 Å². The van der Waals surface area contributed by atoms with E-state index < -0.39 is 0 Å². The number of nitrogens with zero attached hydrogens (tertiary/aromatic N) is 2. The Hall–Kier alpha value is -0.930. The molecular formula is C13H20N2O. The molecule has 0 aromatic carbocycles. The van der Waals surface area contributed by atoms with Crippen LogP contribution in [0.15, 0.2) is 24.5 Å². The number of pyridine rings is 1. The van der Waals surface area contributed by atoms with Crippen molar-refractivity contribution in [3.05, 3.63) is 30.1 Å². The van der Waals surface area contributed by atoms with E-state index in [-0.39, 0.29) is 11.6 Å². The molecule has 2 heterocycles. The van der Waals surface area contributed by atoms with Crippen LogP contribution in [-0.4, -0.2) is 34.2 Å². The topological polar surface area (TPSA) is 36.4 Å². The Balaban J connectivity index is 2.13. The van der Waals surface area contributed by atoms with Crippen molar-refractivity contribution in [2.75, 3.05) is 13.1 Å². The smallest absolute Gasteiger partial charge is 0.0564 e. The third kappa shape index (κ3) is 2.25. The average molecular weight is 220 g/mol. The number of aliphatic hydroxyl groups excluding tert-OH is 1. The van der Waals surface area contributed by atoms with Gasteiger partial charge in [-0.1, -0.05) is 0 Å². The average Bonchev–Trinajstić information content (AvgIpc) is 2.31. The summed E-state index contributed by atoms with van der Waals surface area (Å²) in [6.07, 6.45) is 5.35. The molecule has 0 aliphatic carbocycles. The summed E-state index contributed by atoms with van der Waals surface area (Å²) in [4.78, 5) is 6.50. The molecule has 16 heavy (non-hydrogen) atoms. The predicted octanol–water partition coefficient (Wildman–Crippen LogP) is 1.77. The van der Waals surface area contributed by atoms with Gasteiger partial charge in [-0.2, -0.15) is 0 Å². The first-order valence-electron chi connectivity index (χ1n) is 5.94. The van der Waals surface area contributed by atoms with E-state index in [9.17, 15) is 5.11 Å². The Kier molecular flexibility index (Phi) is 3.26. The molecule has 0 spiro atoms. The Bertz CT molecular complexity index is 329. The summed E-state index contributed by atoms with van der Waals surface area (Å²) in [5.41, 5.74) is 1.32. The molecule has 0 radical (unpaired) electrons. The van der Waals surface area contributed by atoms with Crippen molar-refractivity contribution >= 4 is 0 Å². The highest BCUT2D eigenvalue weighted by atomic mass is 16.3. The highest BCUT2D eigenvalue weighted by Crippen LogP contribution is 2.29. The first kappa shape index (κ1) is 11.6. The van der Waals surface area contributed by atoms with Crippen molar-refractivity contribution in [2.45, 2.75) is 38.3 Å². The number of hydrogen-bond acceptors (Lipinski definition) is 3. The van der Waals surface area contributed by atoms with Gasteiger partial charge in [0.05, 0.1) is 6.10 Å². The molecule has 88 valence electrons. The molecule has 3 heteroatoms. The predicted molar refractivity (Wildman–Crippen MR) is 64.1 cm³/mol. The van der Waals surface area contributed by atoms with Crippen LogP contribution in [0.25, 0.3) is 0 Å². The minimum Gasteiger partial charge on any atom is -0.393 e. The highest BCUT2D eigenvalue weighted by molar-refractivity contribution is 5.20. The van der Waals surface area contributed by atoms with Crippen LogP contribution in [0.4, 0.5) is 0 Å². The van der Waals surface area contributed by atoms with E-state index in [1.807, 2.05) is 12.4 Å². The van der Waals surface area contributed by atoms with E-state index >= 15 is 0 Å². The normalized spacial score (nSPS) is 19.9. The number of hydrogen-bond donors (Lipinski definition) is 1. The van der Waals surface area contributed by atoms with Crippen LogP contribution >= 0.6 is 0 Å². The lowest BCUT2D eigenvalue weighted by Gasteiger charge is -2.42. The van der Waals surface area contributed by atoms with Gasteiger partial charge in [0.15, 0.2) is 0 Å². The van der Waals surface area contributed by atoms with Gasteiger partial charge in [-0.05, 0) is 44.4 Å². The molecule has 1 fully saturated rings. The molecule has 3 nitrogen and oxygen atoms in total. The number of aliphatic hydroxyl groups is 1. The Morgan fingerprint density at radius 3 is 2.38 bits per heavy atom. The molecule has 0 amide bonds. The third-order valence-electron chi connectivity index (χ3n) is 3.64. The second-order valence-electron chi connectivity index (χ2n) is 5.01. The van der Waals surface area contributed by atoms with Crippen molar-refractivity contribution in [3.8, 4) is 0 Å². The van der Waals surface area contributed by atoms with E-state index in [1.165, 1.54) is 5.56 Å². The van der Waals surface area contributed by atoms with Crippen molar-refractivity contribution in [1.82, 2.24) is 9.88 Å². The van der Waals surface area contributed by atoms with E-state index in [2.05, 4.69) is 35.9 Å². The van der Waals surface area contributed by atoms with E-state index in [0.717, 1.165) is 25.9 Å². The molecule has 1 N–H and O–H groups in total. The van der Waals surface area contributed by atoms with Gasteiger partial charge in [0, 0.05) is 31.0 Å². The molecule has 1 aromatic heterocycles. The summed E-state index contributed by atoms with van der Waals surface area (Å²) < 4.78 is 0. The lowest BCUT2D eigenvalue weighted by atomic mass is 9.90. The maximum atomic E-state index is 9.53. The summed E-state index contributed by atoms with van der Waals surface area (Å²) >= 11 is 0. The van der Waals surface area contributed by atoms with Crippen LogP contribution in [0.2, 0.25) is 0 Å². The van der Waals surface area contributed by atoms with Gasteiger partial charge in [0.1, 0.15) is 0 Å². The molecule has 0 unspecified atom stereocenters. The summed E-state index contributed by atoms with van der Waals surface area (Å²) in [5.74, 6) is 0. The highest BCUT2D eigenvalue weighted by Gasteiger charge is 2.31. The van der Waals surface area contributed by atoms with Gasteiger partial charge in [0.25, 0.3) is 0 Å². The molecule has 0 atom stereocenters. The van der Waals surface area contributed by atoms with Crippen LogP contribution in [0, 0.1) is 0 Å². The molecule has 2 rings (SSSR count). The van der Waals surface area contributed by atoms with Crippen LogP contribution < -0.4 is 0 Å². The minimum atomic E-state index is -0.107. The zero-order valence-corrected chi connectivity index (χ0v) is 10.1. The Morgan fingerprint density at radius 1 is 1.25 bits per heavy atom. The van der Waals surface area contributed by atoms with Crippen molar-refractivity contribution in [3.63, 3.8) is 0 Å². The van der Waals surface area contributed by atoms with E-state index in [4.69, 9.17) is 0 Å². The molecule has 1 aromatic rings. The molecular weight excluding hydrogens is 200 g/mol. The van der Waals surface area contributed by atoms with Crippen molar-refractivity contribution < 1.29 is 5.11 Å². The Morgan fingerprint density at radius 2 is 1.81 bits per heavy atom. The van der Waals surface area contributed by atoms with Crippen LogP contribution in [0.1, 0.15) is 32.3 Å². The van der Waals surface area contributed by atoms with E-state index in [0.29, 0.717) is 0 Å².